The van der Waals surface area contributed by atoms with Gasteiger partial charge < -0.3 is 19.5 Å². The second kappa shape index (κ2) is 12.1. The Labute approximate surface area is 213 Å². The van der Waals surface area contributed by atoms with E-state index in [9.17, 15) is 4.79 Å². The van der Waals surface area contributed by atoms with Crippen molar-refractivity contribution in [3.8, 4) is 28.4 Å². The van der Waals surface area contributed by atoms with Gasteiger partial charge in [0.15, 0.2) is 11.5 Å². The van der Waals surface area contributed by atoms with Crippen LogP contribution in [0.5, 0.6) is 11.5 Å². The Bertz CT molecular complexity index is 1140. The monoisotopic (exact) mass is 492 g/mol. The number of hydrogen-bond donors (Lipinski definition) is 1. The van der Waals surface area contributed by atoms with E-state index in [1.54, 1.807) is 25.1 Å². The Hall–Kier alpha value is -3.36. The van der Waals surface area contributed by atoms with Gasteiger partial charge >= 0.3 is 0 Å². The van der Waals surface area contributed by atoms with E-state index in [2.05, 4.69) is 24.1 Å². The lowest BCUT2D eigenvalue weighted by atomic mass is 10.0. The zero-order chi connectivity index (χ0) is 25.5. The summed E-state index contributed by atoms with van der Waals surface area (Å²) in [5.74, 6) is 1.58. The first-order valence-corrected chi connectivity index (χ1v) is 12.5. The van der Waals surface area contributed by atoms with Gasteiger partial charge in [-0.1, -0.05) is 32.0 Å². The van der Waals surface area contributed by atoms with Gasteiger partial charge in [0.05, 0.1) is 38.7 Å². The molecule has 8 heteroatoms. The van der Waals surface area contributed by atoms with Gasteiger partial charge in [0.25, 0.3) is 5.91 Å². The molecule has 1 saturated heterocycles. The molecule has 1 aromatic heterocycles. The Balaban J connectivity index is 1.63. The van der Waals surface area contributed by atoms with Gasteiger partial charge in [-0.3, -0.25) is 9.69 Å². The number of benzene rings is 2. The molecule has 0 bridgehead atoms. The molecule has 0 radical (unpaired) electrons. The van der Waals surface area contributed by atoms with E-state index in [0.29, 0.717) is 35.2 Å². The summed E-state index contributed by atoms with van der Waals surface area (Å²) < 4.78 is 18.2. The lowest BCUT2D eigenvalue weighted by molar-refractivity contribution is 0.0124. The number of morpholine rings is 1. The zero-order valence-corrected chi connectivity index (χ0v) is 21.6. The lowest BCUT2D eigenvalue weighted by Crippen LogP contribution is -2.49. The van der Waals surface area contributed by atoms with E-state index < -0.39 is 0 Å². The summed E-state index contributed by atoms with van der Waals surface area (Å²) >= 11 is 0. The average Bonchev–Trinajstić information content (AvgIpc) is 3.37. The van der Waals surface area contributed by atoms with Gasteiger partial charge in [-0.2, -0.15) is 5.10 Å². The number of carbonyl (C=O) groups excluding carboxylic acids is 1. The molecule has 192 valence electrons. The molecule has 1 fully saturated rings. The first kappa shape index (κ1) is 25.7. The largest absolute Gasteiger partial charge is 0.493 e. The summed E-state index contributed by atoms with van der Waals surface area (Å²) in [5, 5.41) is 8.00. The molecule has 1 amide bonds. The number of aromatic nitrogens is 2. The number of rotatable bonds is 10. The Morgan fingerprint density at radius 2 is 1.78 bits per heavy atom. The quantitative estimate of drug-likeness (QED) is 0.460. The molecule has 2 heterocycles. The molecular formula is C28H36N4O4. The molecule has 1 N–H and O–H groups in total. The predicted molar refractivity (Wildman–Crippen MR) is 140 cm³/mol. The van der Waals surface area contributed by atoms with Crippen molar-refractivity contribution >= 4 is 5.91 Å². The lowest BCUT2D eigenvalue weighted by Gasteiger charge is -2.35. The van der Waals surface area contributed by atoms with Crippen LogP contribution in [-0.2, 0) is 4.74 Å². The number of nitrogens with zero attached hydrogens (tertiary/aromatic N) is 3. The number of amides is 1. The summed E-state index contributed by atoms with van der Waals surface area (Å²) in [6.07, 6.45) is 2.80. The standard InChI is InChI=1S/C28H36N4O4/c1-20(2)16-23(31-12-14-36-15-13-31)18-29-28(33)24-19-32(22-8-6-5-7-9-22)30-27(24)21-10-11-25(34-3)26(17-21)35-4/h5-11,17,19-20,23H,12-16,18H2,1-4H3,(H,29,33). The van der Waals surface area contributed by atoms with Crippen molar-refractivity contribution in [1.29, 1.82) is 0 Å². The van der Waals surface area contributed by atoms with E-state index in [1.165, 1.54) is 0 Å². The zero-order valence-electron chi connectivity index (χ0n) is 21.6. The fourth-order valence-corrected chi connectivity index (χ4v) is 4.60. The van der Waals surface area contributed by atoms with Crippen LogP contribution in [0.2, 0.25) is 0 Å². The number of ether oxygens (including phenoxy) is 3. The second-order valence-electron chi connectivity index (χ2n) is 9.38. The van der Waals surface area contributed by atoms with E-state index >= 15 is 0 Å². The highest BCUT2D eigenvalue weighted by molar-refractivity contribution is 6.00. The molecule has 0 saturated carbocycles. The fraction of sp³-hybridized carbons (Fsp3) is 0.429. The molecular weight excluding hydrogens is 456 g/mol. The summed E-state index contributed by atoms with van der Waals surface area (Å²) in [7, 11) is 3.20. The molecule has 1 aliphatic heterocycles. The van der Waals surface area contributed by atoms with Crippen molar-refractivity contribution in [2.45, 2.75) is 26.3 Å². The van der Waals surface area contributed by atoms with Crippen molar-refractivity contribution in [2.75, 3.05) is 47.1 Å². The highest BCUT2D eigenvalue weighted by Gasteiger charge is 2.25. The molecule has 1 atom stereocenters. The van der Waals surface area contributed by atoms with Crippen molar-refractivity contribution in [3.63, 3.8) is 0 Å². The summed E-state index contributed by atoms with van der Waals surface area (Å²) in [4.78, 5) is 16.0. The molecule has 3 aromatic rings. The molecule has 36 heavy (non-hydrogen) atoms. The first-order chi connectivity index (χ1) is 17.5. The molecule has 2 aromatic carbocycles. The minimum absolute atomic E-state index is 0.149. The third-order valence-corrected chi connectivity index (χ3v) is 6.44. The Morgan fingerprint density at radius 1 is 1.06 bits per heavy atom. The maximum absolute atomic E-state index is 13.6. The predicted octanol–water partition coefficient (Wildman–Crippen LogP) is 4.03. The molecule has 0 spiro atoms. The maximum atomic E-state index is 13.6. The van der Waals surface area contributed by atoms with Crippen LogP contribution in [0.4, 0.5) is 0 Å². The first-order valence-electron chi connectivity index (χ1n) is 12.5. The molecule has 4 rings (SSSR count). The van der Waals surface area contributed by atoms with E-state index in [4.69, 9.17) is 19.3 Å². The number of para-hydroxylation sites is 1. The van der Waals surface area contributed by atoms with Gasteiger partial charge in [-0.25, -0.2) is 4.68 Å². The normalized spacial score (nSPS) is 15.0. The second-order valence-corrected chi connectivity index (χ2v) is 9.38. The smallest absolute Gasteiger partial charge is 0.255 e. The molecule has 1 aliphatic rings. The van der Waals surface area contributed by atoms with Gasteiger partial charge in [-0.15, -0.1) is 0 Å². The van der Waals surface area contributed by atoms with Crippen molar-refractivity contribution < 1.29 is 19.0 Å². The number of hydrogen-bond acceptors (Lipinski definition) is 6. The number of methoxy groups -OCH3 is 2. The minimum Gasteiger partial charge on any atom is -0.493 e. The average molecular weight is 493 g/mol. The third kappa shape index (κ3) is 6.06. The highest BCUT2D eigenvalue weighted by atomic mass is 16.5. The van der Waals surface area contributed by atoms with Gasteiger partial charge in [0.1, 0.15) is 5.69 Å². The van der Waals surface area contributed by atoms with E-state index in [-0.39, 0.29) is 11.9 Å². The van der Waals surface area contributed by atoms with E-state index in [1.807, 2.05) is 48.5 Å². The van der Waals surface area contributed by atoms with Gasteiger partial charge in [0.2, 0.25) is 0 Å². The summed E-state index contributed by atoms with van der Waals surface area (Å²) in [5.41, 5.74) is 2.75. The van der Waals surface area contributed by atoms with E-state index in [0.717, 1.165) is 44.0 Å². The summed E-state index contributed by atoms with van der Waals surface area (Å²) in [6.45, 7) is 8.24. The molecule has 8 nitrogen and oxygen atoms in total. The van der Waals surface area contributed by atoms with Crippen LogP contribution in [0.15, 0.2) is 54.7 Å². The van der Waals surface area contributed by atoms with Crippen LogP contribution in [0.25, 0.3) is 16.9 Å². The van der Waals surface area contributed by atoms with Crippen LogP contribution in [0.3, 0.4) is 0 Å². The Kier molecular flexibility index (Phi) is 8.61. The van der Waals surface area contributed by atoms with Crippen molar-refractivity contribution in [1.82, 2.24) is 20.0 Å². The van der Waals surface area contributed by atoms with Crippen molar-refractivity contribution in [3.05, 3.63) is 60.3 Å². The van der Waals surface area contributed by atoms with Gasteiger partial charge in [-0.05, 0) is 42.7 Å². The summed E-state index contributed by atoms with van der Waals surface area (Å²) in [6, 6.07) is 15.6. The van der Waals surface area contributed by atoms with Crippen molar-refractivity contribution in [2.24, 2.45) is 5.92 Å². The molecule has 1 unspecified atom stereocenters. The topological polar surface area (TPSA) is 77.9 Å². The number of carbonyl (C=O) groups is 1. The SMILES string of the molecule is COc1ccc(-c2nn(-c3ccccc3)cc2C(=O)NCC(CC(C)C)N2CCOCC2)cc1OC. The third-order valence-electron chi connectivity index (χ3n) is 6.44. The maximum Gasteiger partial charge on any atom is 0.255 e. The highest BCUT2D eigenvalue weighted by Crippen LogP contribution is 2.33. The van der Waals surface area contributed by atoms with Gasteiger partial charge in [0, 0.05) is 37.4 Å². The molecule has 0 aliphatic carbocycles. The van der Waals surface area contributed by atoms with Crippen LogP contribution < -0.4 is 14.8 Å². The van der Waals surface area contributed by atoms with Crippen LogP contribution in [0.1, 0.15) is 30.6 Å². The fourth-order valence-electron chi connectivity index (χ4n) is 4.60. The van der Waals surface area contributed by atoms with Crippen LogP contribution in [-0.4, -0.2) is 73.7 Å². The minimum atomic E-state index is -0.149. The van der Waals surface area contributed by atoms with Crippen LogP contribution in [0, 0.1) is 5.92 Å². The Morgan fingerprint density at radius 3 is 2.44 bits per heavy atom. The van der Waals surface area contributed by atoms with Crippen LogP contribution >= 0.6 is 0 Å². The number of nitrogens with one attached hydrogen (secondary N) is 1.